The lowest BCUT2D eigenvalue weighted by Crippen LogP contribution is -2.41. The number of nitrogens with zero attached hydrogens (tertiary/aromatic N) is 1. The van der Waals surface area contributed by atoms with Gasteiger partial charge in [0.25, 0.3) is 0 Å². The Morgan fingerprint density at radius 1 is 1.27 bits per heavy atom. The molecule has 1 saturated heterocycles. The predicted molar refractivity (Wildman–Crippen MR) is 116 cm³/mol. The van der Waals surface area contributed by atoms with Gasteiger partial charge in [0.1, 0.15) is 18.2 Å². The Labute approximate surface area is 183 Å². The highest BCUT2D eigenvalue weighted by Crippen LogP contribution is 2.44. The van der Waals surface area contributed by atoms with E-state index in [-0.39, 0.29) is 29.1 Å². The van der Waals surface area contributed by atoms with Crippen molar-refractivity contribution < 1.29 is 22.7 Å². The first kappa shape index (κ1) is 19.8. The van der Waals surface area contributed by atoms with Gasteiger partial charge in [-0.05, 0) is 42.7 Å². The van der Waals surface area contributed by atoms with E-state index in [9.17, 15) is 13.2 Å². The van der Waals surface area contributed by atoms with Crippen molar-refractivity contribution in [3.63, 3.8) is 0 Å². The number of carbonyl (C=O) groups is 1. The summed E-state index contributed by atoms with van der Waals surface area (Å²) in [4.78, 5) is 15.1. The largest absolute Gasteiger partial charge is 0.478 e. The standard InChI is InChI=1S/C22H20BrNO5S/c1-13-8-18-16(10-24(12-28-18)15-6-7-30(26,27)11-15)22-20(13)21(25)19(29-22)9-14-4-2-3-5-17(14)23/h2-5,8-9,15H,6-7,10-12H2,1H3/b19-9-. The van der Waals surface area contributed by atoms with Crippen LogP contribution < -0.4 is 9.47 Å². The van der Waals surface area contributed by atoms with Crippen LogP contribution in [0.15, 0.2) is 40.6 Å². The molecular weight excluding hydrogens is 470 g/mol. The molecule has 156 valence electrons. The quantitative estimate of drug-likeness (QED) is 0.598. The zero-order chi connectivity index (χ0) is 21.0. The van der Waals surface area contributed by atoms with Crippen molar-refractivity contribution in [3.05, 3.63) is 62.8 Å². The monoisotopic (exact) mass is 489 g/mol. The van der Waals surface area contributed by atoms with Crippen LogP contribution in [-0.2, 0) is 16.4 Å². The molecule has 0 aromatic heterocycles. The van der Waals surface area contributed by atoms with Gasteiger partial charge in [-0.3, -0.25) is 9.69 Å². The number of benzene rings is 2. The van der Waals surface area contributed by atoms with E-state index in [1.54, 1.807) is 6.08 Å². The van der Waals surface area contributed by atoms with Crippen molar-refractivity contribution in [2.24, 2.45) is 0 Å². The summed E-state index contributed by atoms with van der Waals surface area (Å²) in [5.41, 5.74) is 3.02. The van der Waals surface area contributed by atoms with Crippen LogP contribution in [0.4, 0.5) is 0 Å². The second kappa shape index (κ2) is 7.21. The number of rotatable bonds is 2. The third kappa shape index (κ3) is 3.36. The Kier molecular flexibility index (Phi) is 4.76. The number of ether oxygens (including phenoxy) is 2. The summed E-state index contributed by atoms with van der Waals surface area (Å²) in [6, 6.07) is 9.43. The average Bonchev–Trinajstić information content (AvgIpc) is 3.24. The van der Waals surface area contributed by atoms with Crippen LogP contribution >= 0.6 is 15.9 Å². The molecule has 6 nitrogen and oxygen atoms in total. The van der Waals surface area contributed by atoms with Gasteiger partial charge in [-0.1, -0.05) is 34.1 Å². The predicted octanol–water partition coefficient (Wildman–Crippen LogP) is 3.71. The molecule has 3 aliphatic heterocycles. The molecule has 8 heteroatoms. The van der Waals surface area contributed by atoms with Gasteiger partial charge < -0.3 is 9.47 Å². The number of hydrogen-bond acceptors (Lipinski definition) is 6. The molecular formula is C22H20BrNO5S. The van der Waals surface area contributed by atoms with E-state index < -0.39 is 9.84 Å². The third-order valence-electron chi connectivity index (χ3n) is 5.87. The van der Waals surface area contributed by atoms with Crippen molar-refractivity contribution in [1.29, 1.82) is 0 Å². The van der Waals surface area contributed by atoms with Crippen LogP contribution in [-0.4, -0.2) is 43.4 Å². The molecule has 5 rings (SSSR count). The van der Waals surface area contributed by atoms with Gasteiger partial charge in [-0.25, -0.2) is 8.42 Å². The molecule has 3 aliphatic rings. The van der Waals surface area contributed by atoms with Gasteiger partial charge in [0.2, 0.25) is 5.78 Å². The van der Waals surface area contributed by atoms with E-state index in [1.165, 1.54) is 0 Å². The number of allylic oxidation sites excluding steroid dienone is 1. The molecule has 30 heavy (non-hydrogen) atoms. The van der Waals surface area contributed by atoms with Crippen molar-refractivity contribution >= 4 is 37.6 Å². The number of carbonyl (C=O) groups excluding carboxylic acids is 1. The topological polar surface area (TPSA) is 72.9 Å². The summed E-state index contributed by atoms with van der Waals surface area (Å²) in [7, 11) is -2.99. The second-order valence-electron chi connectivity index (χ2n) is 7.91. The van der Waals surface area contributed by atoms with Gasteiger partial charge in [0.05, 0.1) is 22.6 Å². The fraction of sp³-hybridized carbons (Fsp3) is 0.318. The van der Waals surface area contributed by atoms with Gasteiger partial charge in [0.15, 0.2) is 15.6 Å². The molecule has 2 aromatic carbocycles. The molecule has 0 N–H and O–H groups in total. The van der Waals surface area contributed by atoms with Crippen LogP contribution in [0.5, 0.6) is 11.5 Å². The number of fused-ring (bicyclic) bond motifs is 3. The van der Waals surface area contributed by atoms with Crippen LogP contribution in [0.3, 0.4) is 0 Å². The first-order valence-electron chi connectivity index (χ1n) is 9.75. The van der Waals surface area contributed by atoms with E-state index in [4.69, 9.17) is 9.47 Å². The summed E-state index contributed by atoms with van der Waals surface area (Å²) in [5, 5.41) is 0. The van der Waals surface area contributed by atoms with E-state index in [2.05, 4.69) is 15.9 Å². The van der Waals surface area contributed by atoms with Gasteiger partial charge in [-0.15, -0.1) is 0 Å². The Hall–Kier alpha value is -2.16. The molecule has 0 spiro atoms. The van der Waals surface area contributed by atoms with Crippen molar-refractivity contribution in [2.45, 2.75) is 25.9 Å². The van der Waals surface area contributed by atoms with Crippen molar-refractivity contribution in [1.82, 2.24) is 4.90 Å². The molecule has 0 bridgehead atoms. The van der Waals surface area contributed by atoms with Gasteiger partial charge in [-0.2, -0.15) is 0 Å². The Bertz CT molecular complexity index is 1200. The fourth-order valence-electron chi connectivity index (χ4n) is 4.28. The van der Waals surface area contributed by atoms with E-state index in [0.717, 1.165) is 21.2 Å². The summed E-state index contributed by atoms with van der Waals surface area (Å²) in [5.74, 6) is 1.70. The normalized spacial score (nSPS) is 23.7. The molecule has 3 heterocycles. The Morgan fingerprint density at radius 3 is 2.80 bits per heavy atom. The molecule has 0 radical (unpaired) electrons. The number of ketones is 1. The minimum atomic E-state index is -2.99. The van der Waals surface area contributed by atoms with Crippen LogP contribution in [0, 0.1) is 6.92 Å². The summed E-state index contributed by atoms with van der Waals surface area (Å²) < 4.78 is 36.7. The fourth-order valence-corrected chi connectivity index (χ4v) is 6.44. The zero-order valence-electron chi connectivity index (χ0n) is 16.4. The average molecular weight is 490 g/mol. The highest BCUT2D eigenvalue weighted by molar-refractivity contribution is 9.10. The maximum Gasteiger partial charge on any atom is 0.232 e. The molecule has 0 amide bonds. The molecule has 0 aliphatic carbocycles. The van der Waals surface area contributed by atoms with Crippen LogP contribution in [0.2, 0.25) is 0 Å². The van der Waals surface area contributed by atoms with E-state index in [1.807, 2.05) is 42.2 Å². The number of hydrogen-bond donors (Lipinski definition) is 0. The molecule has 1 unspecified atom stereocenters. The Balaban J connectivity index is 1.51. The Morgan fingerprint density at radius 2 is 2.07 bits per heavy atom. The van der Waals surface area contributed by atoms with E-state index >= 15 is 0 Å². The number of sulfone groups is 1. The first-order chi connectivity index (χ1) is 14.3. The smallest absolute Gasteiger partial charge is 0.232 e. The lowest BCUT2D eigenvalue weighted by atomic mass is 9.98. The third-order valence-corrected chi connectivity index (χ3v) is 8.34. The van der Waals surface area contributed by atoms with Gasteiger partial charge in [0, 0.05) is 17.1 Å². The number of Topliss-reactive ketones (excluding diaryl/α,β-unsaturated/α-hetero) is 1. The second-order valence-corrected chi connectivity index (χ2v) is 11.0. The van der Waals surface area contributed by atoms with Gasteiger partial charge >= 0.3 is 0 Å². The maximum absolute atomic E-state index is 13.1. The molecule has 1 atom stereocenters. The minimum Gasteiger partial charge on any atom is -0.478 e. The minimum absolute atomic E-state index is 0.0764. The summed E-state index contributed by atoms with van der Waals surface area (Å²) >= 11 is 3.50. The molecule has 1 fully saturated rings. The molecule has 2 aromatic rings. The van der Waals surface area contributed by atoms with E-state index in [0.29, 0.717) is 36.8 Å². The molecule has 0 saturated carbocycles. The first-order valence-corrected chi connectivity index (χ1v) is 12.4. The van der Waals surface area contributed by atoms with Crippen molar-refractivity contribution in [3.8, 4) is 11.5 Å². The van der Waals surface area contributed by atoms with Crippen molar-refractivity contribution in [2.75, 3.05) is 18.2 Å². The lowest BCUT2D eigenvalue weighted by molar-refractivity contribution is 0.0633. The van der Waals surface area contributed by atoms with Crippen LogP contribution in [0.1, 0.15) is 33.5 Å². The number of halogens is 1. The zero-order valence-corrected chi connectivity index (χ0v) is 18.8. The SMILES string of the molecule is Cc1cc2c(c3c1C(=O)/C(=C/c1ccccc1Br)O3)CN(C1CCS(=O)(=O)C1)CO2. The highest BCUT2D eigenvalue weighted by Gasteiger charge is 2.39. The maximum atomic E-state index is 13.1. The summed E-state index contributed by atoms with van der Waals surface area (Å²) in [6.45, 7) is 2.70. The summed E-state index contributed by atoms with van der Waals surface area (Å²) in [6.07, 6.45) is 2.34. The number of aryl methyl sites for hydroxylation is 1. The lowest BCUT2D eigenvalue weighted by Gasteiger charge is -2.33. The van der Waals surface area contributed by atoms with Crippen LogP contribution in [0.25, 0.3) is 6.08 Å². The highest BCUT2D eigenvalue weighted by atomic mass is 79.9.